The van der Waals surface area contributed by atoms with Crippen LogP contribution in [0.25, 0.3) is 10.2 Å². The highest BCUT2D eigenvalue weighted by atomic mass is 32.1. The van der Waals surface area contributed by atoms with Crippen molar-refractivity contribution in [3.05, 3.63) is 56.7 Å². The summed E-state index contributed by atoms with van der Waals surface area (Å²) in [5.74, 6) is 0.819. The standard InChI is InChI=1S/C22H27N3OS/c1-3-14-25-21(26)19-17-12-8-9-13-18(17)27-20(19)23-22(25)24(4-2)15-16-10-6-5-7-11-16/h5-7,10-11H,3-4,8-9,12-15H2,1-2H3. The van der Waals surface area contributed by atoms with Gasteiger partial charge in [0.15, 0.2) is 0 Å². The van der Waals surface area contributed by atoms with Gasteiger partial charge in [0.2, 0.25) is 5.95 Å². The summed E-state index contributed by atoms with van der Waals surface area (Å²) in [4.78, 5) is 23.0. The molecule has 0 unspecified atom stereocenters. The lowest BCUT2D eigenvalue weighted by Gasteiger charge is -2.25. The molecule has 0 saturated heterocycles. The Morgan fingerprint density at radius 3 is 2.67 bits per heavy atom. The molecule has 142 valence electrons. The highest BCUT2D eigenvalue weighted by Gasteiger charge is 2.23. The third-order valence-electron chi connectivity index (χ3n) is 5.38. The molecule has 2 heterocycles. The van der Waals surface area contributed by atoms with Gasteiger partial charge < -0.3 is 4.90 Å². The minimum absolute atomic E-state index is 0.155. The van der Waals surface area contributed by atoms with Crippen LogP contribution in [0.15, 0.2) is 35.1 Å². The van der Waals surface area contributed by atoms with Crippen LogP contribution in [0.1, 0.15) is 49.1 Å². The van der Waals surface area contributed by atoms with Gasteiger partial charge in [0.25, 0.3) is 5.56 Å². The van der Waals surface area contributed by atoms with Crippen LogP contribution in [0, 0.1) is 0 Å². The number of benzene rings is 1. The normalized spacial score (nSPS) is 13.7. The first-order chi connectivity index (χ1) is 13.2. The second-order valence-electron chi connectivity index (χ2n) is 7.26. The summed E-state index contributed by atoms with van der Waals surface area (Å²) in [6.07, 6.45) is 5.46. The van der Waals surface area contributed by atoms with E-state index in [0.717, 1.165) is 48.5 Å². The van der Waals surface area contributed by atoms with E-state index in [9.17, 15) is 4.79 Å². The van der Waals surface area contributed by atoms with Crippen LogP contribution in [0.5, 0.6) is 0 Å². The fraction of sp³-hybridized carbons (Fsp3) is 0.455. The van der Waals surface area contributed by atoms with Crippen LogP contribution in [-0.4, -0.2) is 16.1 Å². The van der Waals surface area contributed by atoms with Crippen molar-refractivity contribution in [1.82, 2.24) is 9.55 Å². The van der Waals surface area contributed by atoms with E-state index in [1.165, 1.54) is 28.8 Å². The van der Waals surface area contributed by atoms with E-state index in [-0.39, 0.29) is 5.56 Å². The summed E-state index contributed by atoms with van der Waals surface area (Å²) in [5, 5.41) is 0.891. The zero-order valence-electron chi connectivity index (χ0n) is 16.2. The van der Waals surface area contributed by atoms with Crippen LogP contribution >= 0.6 is 11.3 Å². The number of rotatable bonds is 6. The van der Waals surface area contributed by atoms with Crippen molar-refractivity contribution in [1.29, 1.82) is 0 Å². The first-order valence-electron chi connectivity index (χ1n) is 10.1. The number of aryl methyl sites for hydroxylation is 2. The Kier molecular flexibility index (Phi) is 5.30. The predicted molar refractivity (Wildman–Crippen MR) is 114 cm³/mol. The maximum atomic E-state index is 13.4. The number of thiophene rings is 1. The van der Waals surface area contributed by atoms with E-state index < -0.39 is 0 Å². The van der Waals surface area contributed by atoms with Crippen LogP contribution in [-0.2, 0) is 25.9 Å². The van der Waals surface area contributed by atoms with Crippen molar-refractivity contribution in [2.45, 2.75) is 59.0 Å². The van der Waals surface area contributed by atoms with Gasteiger partial charge in [-0.15, -0.1) is 11.3 Å². The van der Waals surface area contributed by atoms with Crippen molar-refractivity contribution in [3.63, 3.8) is 0 Å². The Bertz CT molecular complexity index is 990. The minimum atomic E-state index is 0.155. The average molecular weight is 382 g/mol. The molecular weight excluding hydrogens is 354 g/mol. The summed E-state index contributed by atoms with van der Waals surface area (Å²) in [5.41, 5.74) is 2.67. The molecule has 1 aliphatic rings. The second-order valence-corrected chi connectivity index (χ2v) is 8.34. The average Bonchev–Trinajstić information content (AvgIpc) is 3.08. The quantitative estimate of drug-likeness (QED) is 0.617. The Labute approximate surface area is 164 Å². The Morgan fingerprint density at radius 2 is 1.93 bits per heavy atom. The van der Waals surface area contributed by atoms with E-state index in [0.29, 0.717) is 6.54 Å². The molecular formula is C22H27N3OS. The van der Waals surface area contributed by atoms with Gasteiger partial charge in [0.05, 0.1) is 5.39 Å². The molecule has 0 radical (unpaired) electrons. The predicted octanol–water partition coefficient (Wildman–Crippen LogP) is 4.77. The molecule has 3 aromatic rings. The topological polar surface area (TPSA) is 38.1 Å². The Hall–Kier alpha value is -2.14. The number of aromatic nitrogens is 2. The third-order valence-corrected chi connectivity index (χ3v) is 6.57. The lowest BCUT2D eigenvalue weighted by atomic mass is 9.97. The molecule has 0 fully saturated rings. The summed E-state index contributed by atoms with van der Waals surface area (Å²) >= 11 is 1.74. The van der Waals surface area contributed by atoms with Gasteiger partial charge in [-0.25, -0.2) is 4.98 Å². The van der Waals surface area contributed by atoms with Crippen LogP contribution < -0.4 is 10.5 Å². The molecule has 0 spiro atoms. The molecule has 0 saturated carbocycles. The van der Waals surface area contributed by atoms with Crippen molar-refractivity contribution >= 4 is 27.5 Å². The van der Waals surface area contributed by atoms with Crippen LogP contribution in [0.3, 0.4) is 0 Å². The zero-order chi connectivity index (χ0) is 18.8. The fourth-order valence-electron chi connectivity index (χ4n) is 4.02. The summed E-state index contributed by atoms with van der Waals surface area (Å²) < 4.78 is 1.91. The fourth-order valence-corrected chi connectivity index (χ4v) is 5.27. The number of fused-ring (bicyclic) bond motifs is 3. The van der Waals surface area contributed by atoms with Crippen LogP contribution in [0.2, 0.25) is 0 Å². The Morgan fingerprint density at radius 1 is 1.15 bits per heavy atom. The number of nitrogens with zero attached hydrogens (tertiary/aromatic N) is 3. The summed E-state index contributed by atoms with van der Waals surface area (Å²) in [7, 11) is 0. The molecule has 2 aromatic heterocycles. The highest BCUT2D eigenvalue weighted by molar-refractivity contribution is 7.18. The van der Waals surface area contributed by atoms with Gasteiger partial charge in [0, 0.05) is 24.5 Å². The van der Waals surface area contributed by atoms with E-state index in [1.807, 2.05) is 10.6 Å². The highest BCUT2D eigenvalue weighted by Crippen LogP contribution is 2.34. The lowest BCUT2D eigenvalue weighted by molar-refractivity contribution is 0.622. The van der Waals surface area contributed by atoms with E-state index in [1.54, 1.807) is 11.3 Å². The molecule has 0 bridgehead atoms. The van der Waals surface area contributed by atoms with Gasteiger partial charge in [-0.05, 0) is 50.2 Å². The smallest absolute Gasteiger partial charge is 0.263 e. The first kappa shape index (κ1) is 18.2. The SMILES string of the molecule is CCCn1c(N(CC)Cc2ccccc2)nc2sc3c(c2c1=O)CCCC3. The molecule has 4 nitrogen and oxygen atoms in total. The van der Waals surface area contributed by atoms with Crippen molar-refractivity contribution < 1.29 is 0 Å². The molecule has 0 atom stereocenters. The van der Waals surface area contributed by atoms with Gasteiger partial charge in [-0.1, -0.05) is 37.3 Å². The number of hydrogen-bond acceptors (Lipinski definition) is 4. The van der Waals surface area contributed by atoms with Crippen molar-refractivity contribution in [3.8, 4) is 0 Å². The molecule has 1 aliphatic carbocycles. The van der Waals surface area contributed by atoms with E-state index in [2.05, 4.69) is 43.0 Å². The Balaban J connectivity index is 1.85. The van der Waals surface area contributed by atoms with Gasteiger partial charge >= 0.3 is 0 Å². The molecule has 1 aromatic carbocycles. The minimum Gasteiger partial charge on any atom is -0.338 e. The molecule has 0 amide bonds. The van der Waals surface area contributed by atoms with Gasteiger partial charge in [-0.3, -0.25) is 9.36 Å². The monoisotopic (exact) mass is 381 g/mol. The lowest BCUT2D eigenvalue weighted by Crippen LogP contribution is -2.32. The molecule has 0 aliphatic heterocycles. The number of anilines is 1. The second kappa shape index (κ2) is 7.85. The summed E-state index contributed by atoms with van der Waals surface area (Å²) in [6, 6.07) is 10.4. The third kappa shape index (κ3) is 3.41. The van der Waals surface area contributed by atoms with Crippen LogP contribution in [0.4, 0.5) is 5.95 Å². The van der Waals surface area contributed by atoms with Gasteiger partial charge in [0.1, 0.15) is 4.83 Å². The summed E-state index contributed by atoms with van der Waals surface area (Å²) in [6.45, 7) is 6.56. The van der Waals surface area contributed by atoms with Gasteiger partial charge in [-0.2, -0.15) is 0 Å². The molecule has 5 heteroatoms. The molecule has 4 rings (SSSR count). The largest absolute Gasteiger partial charge is 0.338 e. The van der Waals surface area contributed by atoms with E-state index >= 15 is 0 Å². The van der Waals surface area contributed by atoms with Crippen molar-refractivity contribution in [2.75, 3.05) is 11.4 Å². The maximum absolute atomic E-state index is 13.4. The number of hydrogen-bond donors (Lipinski definition) is 0. The first-order valence-corrected chi connectivity index (χ1v) is 10.9. The maximum Gasteiger partial charge on any atom is 0.263 e. The van der Waals surface area contributed by atoms with Crippen molar-refractivity contribution in [2.24, 2.45) is 0 Å². The zero-order valence-corrected chi connectivity index (χ0v) is 17.0. The molecule has 0 N–H and O–H groups in total. The van der Waals surface area contributed by atoms with E-state index in [4.69, 9.17) is 4.98 Å². The molecule has 27 heavy (non-hydrogen) atoms.